The summed E-state index contributed by atoms with van der Waals surface area (Å²) in [4.78, 5) is 16.1. The summed E-state index contributed by atoms with van der Waals surface area (Å²) in [6.45, 7) is 5.71. The van der Waals surface area contributed by atoms with Gasteiger partial charge < -0.3 is 14.6 Å². The highest BCUT2D eigenvalue weighted by atomic mass is 16.5. The quantitative estimate of drug-likeness (QED) is 0.404. The van der Waals surface area contributed by atoms with Crippen LogP contribution in [0.4, 0.5) is 0 Å². The summed E-state index contributed by atoms with van der Waals surface area (Å²) in [5.41, 5.74) is 2.18. The molecule has 0 saturated heterocycles. The maximum Gasteiger partial charge on any atom is 0.243 e. The number of fused-ring (bicyclic) bond motifs is 1. The Morgan fingerprint density at radius 3 is 2.68 bits per heavy atom. The van der Waals surface area contributed by atoms with E-state index in [0.717, 1.165) is 54.8 Å². The Morgan fingerprint density at radius 1 is 1.07 bits per heavy atom. The number of ether oxygens (including phenoxy) is 1. The average molecular weight is 377 g/mol. The normalized spacial score (nSPS) is 10.7. The molecule has 0 spiro atoms. The fourth-order valence-electron chi connectivity index (χ4n) is 3.17. The molecule has 3 rings (SSSR count). The molecule has 28 heavy (non-hydrogen) atoms. The first kappa shape index (κ1) is 19.7. The molecule has 0 fully saturated rings. The first-order chi connectivity index (χ1) is 13.8. The van der Waals surface area contributed by atoms with Gasteiger partial charge >= 0.3 is 0 Å². The van der Waals surface area contributed by atoms with Gasteiger partial charge in [-0.2, -0.15) is 0 Å². The van der Waals surface area contributed by atoms with Crippen molar-refractivity contribution in [2.24, 2.45) is 0 Å². The van der Waals surface area contributed by atoms with Crippen LogP contribution >= 0.6 is 0 Å². The second-order valence-corrected chi connectivity index (χ2v) is 6.64. The average Bonchev–Trinajstić information content (AvgIpc) is 3.09. The highest BCUT2D eigenvalue weighted by Crippen LogP contribution is 2.18. The van der Waals surface area contributed by atoms with Crippen LogP contribution in [0.5, 0.6) is 5.75 Å². The van der Waals surface area contributed by atoms with Gasteiger partial charge in [-0.1, -0.05) is 36.9 Å². The molecule has 3 aromatic rings. The third kappa shape index (κ3) is 5.46. The topological polar surface area (TPSA) is 56.2 Å². The molecule has 1 aromatic heterocycles. The molecule has 0 radical (unpaired) electrons. The third-order valence-corrected chi connectivity index (χ3v) is 4.58. The van der Waals surface area contributed by atoms with Crippen molar-refractivity contribution in [2.75, 3.05) is 13.2 Å². The molecule has 1 amide bonds. The van der Waals surface area contributed by atoms with Gasteiger partial charge in [-0.05, 0) is 49.6 Å². The van der Waals surface area contributed by atoms with Gasteiger partial charge in [-0.25, -0.2) is 4.98 Å². The number of aryl methyl sites for hydroxylation is 2. The number of carbonyl (C=O) groups excluding carboxylic acids is 1. The van der Waals surface area contributed by atoms with Gasteiger partial charge in [0.25, 0.3) is 0 Å². The molecule has 0 aliphatic heterocycles. The van der Waals surface area contributed by atoms with Gasteiger partial charge in [-0.15, -0.1) is 0 Å². The molecule has 146 valence electrons. The van der Waals surface area contributed by atoms with E-state index >= 15 is 0 Å². The van der Waals surface area contributed by atoms with Gasteiger partial charge in [0.1, 0.15) is 11.6 Å². The smallest absolute Gasteiger partial charge is 0.243 e. The molecular formula is C23H27N3O2. The second kappa shape index (κ2) is 10.3. The van der Waals surface area contributed by atoms with E-state index in [1.807, 2.05) is 48.5 Å². The maximum atomic E-state index is 11.3. The minimum absolute atomic E-state index is 0.132. The minimum Gasteiger partial charge on any atom is -0.494 e. The van der Waals surface area contributed by atoms with Crippen LogP contribution in [0.1, 0.15) is 25.1 Å². The van der Waals surface area contributed by atoms with E-state index in [-0.39, 0.29) is 5.91 Å². The van der Waals surface area contributed by atoms with Crippen LogP contribution in [0.3, 0.4) is 0 Å². The van der Waals surface area contributed by atoms with E-state index in [0.29, 0.717) is 13.2 Å². The molecule has 5 nitrogen and oxygen atoms in total. The number of para-hydroxylation sites is 3. The zero-order valence-electron chi connectivity index (χ0n) is 16.1. The number of aromatic nitrogens is 2. The van der Waals surface area contributed by atoms with Crippen molar-refractivity contribution in [1.29, 1.82) is 0 Å². The van der Waals surface area contributed by atoms with E-state index in [9.17, 15) is 4.79 Å². The fraction of sp³-hybridized carbons (Fsp3) is 0.304. The van der Waals surface area contributed by atoms with Crippen molar-refractivity contribution in [1.82, 2.24) is 14.9 Å². The van der Waals surface area contributed by atoms with E-state index in [2.05, 4.69) is 22.5 Å². The van der Waals surface area contributed by atoms with Crippen LogP contribution in [0.15, 0.2) is 67.3 Å². The first-order valence-corrected chi connectivity index (χ1v) is 9.80. The standard InChI is InChI=1S/C23H27N3O2/c1-2-23(27)24-16-10-15-22-25-20-13-6-7-14-21(20)26(22)17-8-9-18-28-19-11-4-3-5-12-19/h2-7,11-14H,1,8-10,15-18H2,(H,24,27). The second-order valence-electron chi connectivity index (χ2n) is 6.64. The van der Waals surface area contributed by atoms with E-state index in [1.54, 1.807) is 0 Å². The Labute approximate surface area is 166 Å². The van der Waals surface area contributed by atoms with Crippen molar-refractivity contribution in [3.8, 4) is 5.75 Å². The van der Waals surface area contributed by atoms with E-state index in [1.165, 1.54) is 6.08 Å². The Hall–Kier alpha value is -3.08. The summed E-state index contributed by atoms with van der Waals surface area (Å²) in [5.74, 6) is 1.85. The molecule has 1 N–H and O–H groups in total. The summed E-state index contributed by atoms with van der Waals surface area (Å²) >= 11 is 0. The summed E-state index contributed by atoms with van der Waals surface area (Å²) in [7, 11) is 0. The monoisotopic (exact) mass is 377 g/mol. The number of amides is 1. The summed E-state index contributed by atoms with van der Waals surface area (Å²) in [6, 6.07) is 18.1. The molecule has 0 aliphatic carbocycles. The molecule has 0 atom stereocenters. The Morgan fingerprint density at radius 2 is 1.86 bits per heavy atom. The zero-order chi connectivity index (χ0) is 19.6. The molecule has 5 heteroatoms. The van der Waals surface area contributed by atoms with Crippen LogP contribution in [-0.2, 0) is 17.8 Å². The highest BCUT2D eigenvalue weighted by molar-refractivity contribution is 5.86. The van der Waals surface area contributed by atoms with Crippen LogP contribution in [0.25, 0.3) is 11.0 Å². The number of carbonyl (C=O) groups is 1. The number of nitrogens with zero attached hydrogens (tertiary/aromatic N) is 2. The summed E-state index contributed by atoms with van der Waals surface area (Å²) < 4.78 is 8.08. The molecule has 0 aliphatic rings. The SMILES string of the molecule is C=CC(=O)NCCCc1nc2ccccc2n1CCCCOc1ccccc1. The molecule has 0 unspecified atom stereocenters. The van der Waals surface area contributed by atoms with Gasteiger partial charge in [0.15, 0.2) is 0 Å². The van der Waals surface area contributed by atoms with Gasteiger partial charge in [-0.3, -0.25) is 4.79 Å². The Bertz CT molecular complexity index is 903. The van der Waals surface area contributed by atoms with Crippen LogP contribution < -0.4 is 10.1 Å². The lowest BCUT2D eigenvalue weighted by Crippen LogP contribution is -2.22. The predicted molar refractivity (Wildman–Crippen MR) is 112 cm³/mol. The lowest BCUT2D eigenvalue weighted by Gasteiger charge is -2.10. The third-order valence-electron chi connectivity index (χ3n) is 4.58. The number of nitrogens with one attached hydrogen (secondary N) is 1. The van der Waals surface area contributed by atoms with Crippen molar-refractivity contribution < 1.29 is 9.53 Å². The van der Waals surface area contributed by atoms with Crippen LogP contribution in [-0.4, -0.2) is 28.6 Å². The zero-order valence-corrected chi connectivity index (χ0v) is 16.1. The van der Waals surface area contributed by atoms with Crippen molar-refractivity contribution in [3.05, 3.63) is 73.1 Å². The van der Waals surface area contributed by atoms with Gasteiger partial charge in [0.2, 0.25) is 5.91 Å². The van der Waals surface area contributed by atoms with Gasteiger partial charge in [0.05, 0.1) is 17.6 Å². The van der Waals surface area contributed by atoms with Crippen molar-refractivity contribution in [2.45, 2.75) is 32.2 Å². The molecular weight excluding hydrogens is 350 g/mol. The largest absolute Gasteiger partial charge is 0.494 e. The predicted octanol–water partition coefficient (Wildman–Crippen LogP) is 4.13. The van der Waals surface area contributed by atoms with E-state index < -0.39 is 0 Å². The molecule has 0 bridgehead atoms. The number of hydrogen-bond donors (Lipinski definition) is 1. The maximum absolute atomic E-state index is 11.3. The van der Waals surface area contributed by atoms with Gasteiger partial charge in [0, 0.05) is 19.5 Å². The van der Waals surface area contributed by atoms with Crippen molar-refractivity contribution in [3.63, 3.8) is 0 Å². The number of unbranched alkanes of at least 4 members (excludes halogenated alkanes) is 1. The number of hydrogen-bond acceptors (Lipinski definition) is 3. The minimum atomic E-state index is -0.132. The highest BCUT2D eigenvalue weighted by Gasteiger charge is 2.10. The van der Waals surface area contributed by atoms with E-state index in [4.69, 9.17) is 9.72 Å². The number of benzene rings is 2. The molecule has 0 saturated carbocycles. The summed E-state index contributed by atoms with van der Waals surface area (Å²) in [5, 5.41) is 2.82. The summed E-state index contributed by atoms with van der Waals surface area (Å²) in [6.07, 6.45) is 4.98. The number of rotatable bonds is 11. The Balaban J connectivity index is 1.54. The lowest BCUT2D eigenvalue weighted by molar-refractivity contribution is -0.116. The Kier molecular flexibility index (Phi) is 7.24. The first-order valence-electron chi connectivity index (χ1n) is 9.80. The fourth-order valence-corrected chi connectivity index (χ4v) is 3.17. The number of imidazole rings is 1. The van der Waals surface area contributed by atoms with Crippen LogP contribution in [0, 0.1) is 0 Å². The van der Waals surface area contributed by atoms with Crippen molar-refractivity contribution >= 4 is 16.9 Å². The van der Waals surface area contributed by atoms with Crippen LogP contribution in [0.2, 0.25) is 0 Å². The lowest BCUT2D eigenvalue weighted by atomic mass is 10.2. The molecule has 1 heterocycles. The molecule has 2 aromatic carbocycles.